The zero-order valence-corrected chi connectivity index (χ0v) is 10.3. The van der Waals surface area contributed by atoms with Gasteiger partial charge in [-0.15, -0.1) is 0 Å². The lowest BCUT2D eigenvalue weighted by Gasteiger charge is -2.10. The van der Waals surface area contributed by atoms with Gasteiger partial charge in [0.1, 0.15) is 11.1 Å². The maximum Gasteiger partial charge on any atom is 0.230 e. The second-order valence-electron chi connectivity index (χ2n) is 3.53. The van der Waals surface area contributed by atoms with E-state index >= 15 is 0 Å². The van der Waals surface area contributed by atoms with Crippen LogP contribution in [0.2, 0.25) is 0 Å². The summed E-state index contributed by atoms with van der Waals surface area (Å²) in [5.74, 6) is -0.408. The van der Waals surface area contributed by atoms with Crippen molar-refractivity contribution in [2.75, 3.05) is 0 Å². The number of hydrogen-bond acceptors (Lipinski definition) is 4. The van der Waals surface area contributed by atoms with Crippen LogP contribution < -0.4 is 5.73 Å². The Bertz CT molecular complexity index is 465. The van der Waals surface area contributed by atoms with Crippen LogP contribution in [0.1, 0.15) is 23.7 Å². The minimum absolute atomic E-state index is 0.388. The third-order valence-corrected chi connectivity index (χ3v) is 3.22. The normalized spacial score (nSPS) is 11.9. The topological polar surface area (TPSA) is 79.8 Å². The molecule has 0 aliphatic carbocycles. The molecule has 0 radical (unpaired) electrons. The Morgan fingerprint density at radius 2 is 2.25 bits per heavy atom. The fourth-order valence-electron chi connectivity index (χ4n) is 1.25. The Morgan fingerprint density at radius 1 is 1.62 bits per heavy atom. The molecule has 2 N–H and O–H groups in total. The van der Waals surface area contributed by atoms with Crippen molar-refractivity contribution in [1.29, 1.82) is 5.26 Å². The molecule has 1 heterocycles. The number of aromatic nitrogens is 1. The first-order valence-electron chi connectivity index (χ1n) is 4.80. The molecule has 0 bridgehead atoms. The summed E-state index contributed by atoms with van der Waals surface area (Å²) in [6.45, 7) is 5.41. The third-order valence-electron chi connectivity index (χ3n) is 2.11. The predicted molar refractivity (Wildman–Crippen MR) is 62.9 cm³/mol. The van der Waals surface area contributed by atoms with Gasteiger partial charge in [-0.05, 0) is 32.4 Å². The van der Waals surface area contributed by atoms with Gasteiger partial charge in [-0.2, -0.15) is 5.26 Å². The number of rotatable bonds is 3. The molecule has 0 saturated carbocycles. The lowest BCUT2D eigenvalue weighted by Crippen LogP contribution is -2.22. The highest BCUT2D eigenvalue weighted by atomic mass is 32.2. The van der Waals surface area contributed by atoms with E-state index in [4.69, 9.17) is 11.0 Å². The first kappa shape index (κ1) is 12.5. The van der Waals surface area contributed by atoms with Crippen molar-refractivity contribution in [3.8, 4) is 6.07 Å². The number of amides is 1. The monoisotopic (exact) mass is 235 g/mol. The number of thioether (sulfide) groups is 1. The number of carbonyl (C=O) groups is 1. The van der Waals surface area contributed by atoms with Gasteiger partial charge in [-0.3, -0.25) is 4.79 Å². The summed E-state index contributed by atoms with van der Waals surface area (Å²) in [5.41, 5.74) is 7.40. The van der Waals surface area contributed by atoms with E-state index in [2.05, 4.69) is 11.1 Å². The van der Waals surface area contributed by atoms with E-state index in [9.17, 15) is 4.79 Å². The Morgan fingerprint density at radius 3 is 2.75 bits per heavy atom. The fraction of sp³-hybridized carbons (Fsp3) is 0.364. The number of nitriles is 1. The highest BCUT2D eigenvalue weighted by molar-refractivity contribution is 8.00. The SMILES string of the molecule is Cc1cc(C)c(C#N)c(SC(C)C(N)=O)n1. The molecule has 0 aliphatic rings. The van der Waals surface area contributed by atoms with Gasteiger partial charge in [0.25, 0.3) is 0 Å². The van der Waals surface area contributed by atoms with Gasteiger partial charge in [-0.1, -0.05) is 11.8 Å². The van der Waals surface area contributed by atoms with Gasteiger partial charge >= 0.3 is 0 Å². The third kappa shape index (κ3) is 2.74. The second-order valence-corrected chi connectivity index (χ2v) is 4.86. The molecule has 1 amide bonds. The minimum atomic E-state index is -0.408. The minimum Gasteiger partial charge on any atom is -0.369 e. The lowest BCUT2D eigenvalue weighted by atomic mass is 10.1. The molecule has 4 nitrogen and oxygen atoms in total. The number of hydrogen-bond donors (Lipinski definition) is 1. The van der Waals surface area contributed by atoms with E-state index in [1.54, 1.807) is 6.92 Å². The molecule has 1 atom stereocenters. The molecule has 0 fully saturated rings. The summed E-state index contributed by atoms with van der Waals surface area (Å²) in [4.78, 5) is 15.2. The van der Waals surface area contributed by atoms with E-state index in [0.29, 0.717) is 10.6 Å². The summed E-state index contributed by atoms with van der Waals surface area (Å²) in [5, 5.41) is 9.21. The predicted octanol–water partition coefficient (Wildman–Crippen LogP) is 1.54. The molecule has 0 aromatic carbocycles. The molecule has 1 rings (SSSR count). The van der Waals surface area contributed by atoms with Crippen LogP contribution in [-0.2, 0) is 4.79 Å². The lowest BCUT2D eigenvalue weighted by molar-refractivity contribution is -0.117. The molecule has 0 spiro atoms. The maximum absolute atomic E-state index is 11.0. The van der Waals surface area contributed by atoms with Crippen LogP contribution in [0, 0.1) is 25.2 Å². The van der Waals surface area contributed by atoms with Crippen LogP contribution in [0.4, 0.5) is 0 Å². The quantitative estimate of drug-likeness (QED) is 0.806. The first-order chi connectivity index (χ1) is 7.45. The number of nitrogens with two attached hydrogens (primary N) is 1. The largest absolute Gasteiger partial charge is 0.369 e. The second kappa shape index (κ2) is 4.99. The molecule has 0 saturated heterocycles. The van der Waals surface area contributed by atoms with E-state index in [1.165, 1.54) is 11.8 Å². The number of carbonyl (C=O) groups excluding carboxylic acids is 1. The van der Waals surface area contributed by atoms with E-state index in [1.807, 2.05) is 19.9 Å². The molecule has 5 heteroatoms. The summed E-state index contributed by atoms with van der Waals surface area (Å²) >= 11 is 1.22. The number of pyridine rings is 1. The number of aryl methyl sites for hydroxylation is 2. The van der Waals surface area contributed by atoms with E-state index in [-0.39, 0.29) is 5.25 Å². The van der Waals surface area contributed by atoms with Gasteiger partial charge in [0, 0.05) is 5.69 Å². The van der Waals surface area contributed by atoms with Crippen LogP contribution in [0.15, 0.2) is 11.1 Å². The van der Waals surface area contributed by atoms with E-state index < -0.39 is 5.91 Å². The van der Waals surface area contributed by atoms with Gasteiger partial charge in [-0.25, -0.2) is 4.98 Å². The molecule has 1 unspecified atom stereocenters. The van der Waals surface area contributed by atoms with Crippen molar-refractivity contribution in [1.82, 2.24) is 4.98 Å². The fourth-order valence-corrected chi connectivity index (χ4v) is 2.22. The van der Waals surface area contributed by atoms with Crippen LogP contribution >= 0.6 is 11.8 Å². The maximum atomic E-state index is 11.0. The van der Waals surface area contributed by atoms with Gasteiger partial charge in [0.15, 0.2) is 0 Å². The van der Waals surface area contributed by atoms with Crippen molar-refractivity contribution in [3.63, 3.8) is 0 Å². The Kier molecular flexibility index (Phi) is 3.91. The summed E-state index contributed by atoms with van der Waals surface area (Å²) in [6.07, 6.45) is 0. The molecule has 1 aromatic rings. The van der Waals surface area contributed by atoms with Gasteiger partial charge in [0.05, 0.1) is 10.8 Å². The average molecular weight is 235 g/mol. The molecular weight excluding hydrogens is 222 g/mol. The Balaban J connectivity index is 3.13. The zero-order chi connectivity index (χ0) is 12.3. The standard InChI is InChI=1S/C11H13N3OS/c1-6-4-7(2)14-11(9(6)5-12)16-8(3)10(13)15/h4,8H,1-3H3,(H2,13,15). The summed E-state index contributed by atoms with van der Waals surface area (Å²) in [6, 6.07) is 3.94. The van der Waals surface area contributed by atoms with Crippen molar-refractivity contribution in [3.05, 3.63) is 22.9 Å². The smallest absolute Gasteiger partial charge is 0.230 e. The number of nitrogens with zero attached hydrogens (tertiary/aromatic N) is 2. The van der Waals surface area contributed by atoms with Crippen molar-refractivity contribution in [2.24, 2.45) is 5.73 Å². The first-order valence-corrected chi connectivity index (χ1v) is 5.68. The van der Waals surface area contributed by atoms with Crippen LogP contribution in [-0.4, -0.2) is 16.1 Å². The summed E-state index contributed by atoms with van der Waals surface area (Å²) < 4.78 is 0. The van der Waals surface area contributed by atoms with Crippen molar-refractivity contribution in [2.45, 2.75) is 31.0 Å². The molecule has 1 aromatic heterocycles. The zero-order valence-electron chi connectivity index (χ0n) is 9.44. The molecule has 0 aliphatic heterocycles. The molecule has 16 heavy (non-hydrogen) atoms. The van der Waals surface area contributed by atoms with Gasteiger partial charge < -0.3 is 5.73 Å². The number of primary amides is 1. The Labute approximate surface area is 98.9 Å². The summed E-state index contributed by atoms with van der Waals surface area (Å²) in [7, 11) is 0. The van der Waals surface area contributed by atoms with Gasteiger partial charge in [0.2, 0.25) is 5.91 Å². The average Bonchev–Trinajstić information content (AvgIpc) is 2.16. The van der Waals surface area contributed by atoms with E-state index in [0.717, 1.165) is 11.3 Å². The molecular formula is C11H13N3OS. The highest BCUT2D eigenvalue weighted by Gasteiger charge is 2.16. The molecule has 84 valence electrons. The van der Waals surface area contributed by atoms with Crippen LogP contribution in [0.25, 0.3) is 0 Å². The Hall–Kier alpha value is -1.54. The van der Waals surface area contributed by atoms with Crippen LogP contribution in [0.3, 0.4) is 0 Å². The van der Waals surface area contributed by atoms with Crippen molar-refractivity contribution < 1.29 is 4.79 Å². The highest BCUT2D eigenvalue weighted by Crippen LogP contribution is 2.26. The van der Waals surface area contributed by atoms with Crippen molar-refractivity contribution >= 4 is 17.7 Å². The van der Waals surface area contributed by atoms with Crippen LogP contribution in [0.5, 0.6) is 0 Å².